The molecule has 2 fully saturated rings. The van der Waals surface area contributed by atoms with Crippen LogP contribution in [0.25, 0.3) is 11.0 Å². The molecule has 0 aromatic carbocycles. The van der Waals surface area contributed by atoms with Gasteiger partial charge in [0.15, 0.2) is 14.4 Å². The minimum atomic E-state index is -2.02. The Kier molecular flexibility index (Phi) is 8.45. The summed E-state index contributed by atoms with van der Waals surface area (Å²) in [7, 11) is -3.31. The minimum Gasteiger partial charge on any atom is -0.468 e. The average Bonchev–Trinajstić information content (AvgIpc) is 3.41. The Labute approximate surface area is 231 Å². The van der Waals surface area contributed by atoms with Crippen LogP contribution in [0, 0.1) is 5.82 Å². The maximum atomic E-state index is 15.7. The molecule has 0 aliphatic carbocycles. The molecule has 0 bridgehead atoms. The maximum Gasteiger partial charge on any atom is 0.235 e. The Hall–Kier alpha value is -0.726. The number of nitrogens with zero attached hydrogens (tertiary/aromatic N) is 2. The van der Waals surface area contributed by atoms with Crippen molar-refractivity contribution >= 4 is 50.6 Å². The van der Waals surface area contributed by atoms with E-state index in [0.29, 0.717) is 18.7 Å². The summed E-state index contributed by atoms with van der Waals surface area (Å²) in [4.78, 5) is 4.17. The van der Waals surface area contributed by atoms with Crippen LogP contribution in [0.1, 0.15) is 20.8 Å². The molecule has 2 saturated heterocycles. The van der Waals surface area contributed by atoms with E-state index in [1.165, 1.54) is 0 Å². The van der Waals surface area contributed by atoms with Crippen LogP contribution in [0.15, 0.2) is 6.07 Å². The predicted molar refractivity (Wildman–Crippen MR) is 150 cm³/mol. The van der Waals surface area contributed by atoms with E-state index in [1.807, 2.05) is 0 Å². The van der Waals surface area contributed by atoms with Crippen LogP contribution in [0.5, 0.6) is 5.88 Å². The molecule has 0 saturated carbocycles. The molecule has 4 heterocycles. The second-order valence-corrected chi connectivity index (χ2v) is 23.8. The quantitative estimate of drug-likeness (QED) is 0.183. The van der Waals surface area contributed by atoms with Gasteiger partial charge in [0.05, 0.1) is 29.9 Å². The molecule has 0 radical (unpaired) electrons. The van der Waals surface area contributed by atoms with Crippen molar-refractivity contribution in [1.29, 1.82) is 0 Å². The van der Waals surface area contributed by atoms with Crippen LogP contribution in [0.4, 0.5) is 4.39 Å². The van der Waals surface area contributed by atoms with E-state index in [2.05, 4.69) is 58.5 Å². The molecule has 0 amide bonds. The van der Waals surface area contributed by atoms with Gasteiger partial charge in [-0.25, -0.2) is 4.98 Å². The van der Waals surface area contributed by atoms with E-state index in [-0.39, 0.29) is 58.3 Å². The maximum absolute atomic E-state index is 15.7. The van der Waals surface area contributed by atoms with Gasteiger partial charge in [-0.2, -0.15) is 4.39 Å². The van der Waals surface area contributed by atoms with Gasteiger partial charge in [-0.05, 0) is 30.2 Å². The van der Waals surface area contributed by atoms with Gasteiger partial charge in [-0.1, -0.05) is 63.6 Å². The standard InChI is InChI=1S/C25H39Cl2FN2O5Si2/c1-25(2,3)37(7,8)35-18-13-33-21-17(12-32-22(18)21)34-24-19(28)20-16(11-15(26)23(27)29-20)30(24)14-31-9-10-36(4,5)6/h11,17-18,21-22H,9-10,12-14H2,1-8H3/t17-,18?,21-,22-/m1/s1. The van der Waals surface area contributed by atoms with E-state index < -0.39 is 28.3 Å². The smallest absolute Gasteiger partial charge is 0.235 e. The second kappa shape index (κ2) is 10.7. The number of ether oxygens (including phenoxy) is 4. The van der Waals surface area contributed by atoms with Crippen molar-refractivity contribution in [2.45, 2.75) is 95.7 Å². The lowest BCUT2D eigenvalue weighted by molar-refractivity contribution is 0.00724. The van der Waals surface area contributed by atoms with Crippen LogP contribution >= 0.6 is 23.2 Å². The van der Waals surface area contributed by atoms with Crippen molar-refractivity contribution in [3.05, 3.63) is 22.1 Å². The van der Waals surface area contributed by atoms with Gasteiger partial charge < -0.3 is 23.4 Å². The van der Waals surface area contributed by atoms with Crippen molar-refractivity contribution in [1.82, 2.24) is 9.55 Å². The number of rotatable bonds is 9. The van der Waals surface area contributed by atoms with Crippen molar-refractivity contribution in [2.24, 2.45) is 0 Å². The molecule has 7 nitrogen and oxygen atoms in total. The summed E-state index contributed by atoms with van der Waals surface area (Å²) in [6, 6.07) is 2.58. The zero-order valence-electron chi connectivity index (χ0n) is 23.0. The summed E-state index contributed by atoms with van der Waals surface area (Å²) in [5, 5.41) is 0.329. The largest absolute Gasteiger partial charge is 0.468 e. The summed E-state index contributed by atoms with van der Waals surface area (Å²) in [6.45, 7) is 19.2. The Morgan fingerprint density at radius 2 is 1.70 bits per heavy atom. The van der Waals surface area contributed by atoms with Crippen LogP contribution in [-0.2, 0) is 25.4 Å². The molecule has 37 heavy (non-hydrogen) atoms. The summed E-state index contributed by atoms with van der Waals surface area (Å²) >= 11 is 12.3. The molecule has 2 aromatic heterocycles. The third-order valence-corrected chi connectivity index (χ3v) is 14.4. The van der Waals surface area contributed by atoms with E-state index in [9.17, 15) is 0 Å². The zero-order valence-corrected chi connectivity index (χ0v) is 26.5. The van der Waals surface area contributed by atoms with E-state index in [0.717, 1.165) is 6.04 Å². The highest BCUT2D eigenvalue weighted by molar-refractivity contribution is 6.76. The third-order valence-electron chi connectivity index (χ3n) is 7.54. The fourth-order valence-electron chi connectivity index (χ4n) is 4.26. The summed E-state index contributed by atoms with van der Waals surface area (Å²) in [6.07, 6.45) is -1.33. The first-order chi connectivity index (χ1) is 17.1. The van der Waals surface area contributed by atoms with Crippen LogP contribution in [-0.4, -0.2) is 70.2 Å². The van der Waals surface area contributed by atoms with E-state index >= 15 is 4.39 Å². The van der Waals surface area contributed by atoms with Gasteiger partial charge in [0, 0.05) is 14.7 Å². The molecule has 208 valence electrons. The zero-order chi connectivity index (χ0) is 27.3. The summed E-state index contributed by atoms with van der Waals surface area (Å²) in [5.74, 6) is -0.599. The lowest BCUT2D eigenvalue weighted by Crippen LogP contribution is -2.47. The topological polar surface area (TPSA) is 64.0 Å². The fraction of sp³-hybridized carbons (Fsp3) is 0.720. The van der Waals surface area contributed by atoms with Crippen molar-refractivity contribution in [2.75, 3.05) is 19.8 Å². The monoisotopic (exact) mass is 592 g/mol. The van der Waals surface area contributed by atoms with Gasteiger partial charge in [-0.15, -0.1) is 0 Å². The van der Waals surface area contributed by atoms with Crippen LogP contribution < -0.4 is 4.74 Å². The number of fused-ring (bicyclic) bond motifs is 2. The molecular weight excluding hydrogens is 554 g/mol. The predicted octanol–water partition coefficient (Wildman–Crippen LogP) is 6.73. The number of hydrogen-bond acceptors (Lipinski definition) is 6. The molecule has 0 spiro atoms. The second-order valence-electron chi connectivity index (χ2n) is 12.7. The lowest BCUT2D eigenvalue weighted by Gasteiger charge is -2.39. The van der Waals surface area contributed by atoms with E-state index in [1.54, 1.807) is 10.6 Å². The molecule has 12 heteroatoms. The van der Waals surface area contributed by atoms with Crippen molar-refractivity contribution in [3.8, 4) is 5.88 Å². The molecule has 2 aromatic rings. The Morgan fingerprint density at radius 1 is 1.08 bits per heavy atom. The van der Waals surface area contributed by atoms with E-state index in [4.69, 9.17) is 46.6 Å². The average molecular weight is 594 g/mol. The highest BCUT2D eigenvalue weighted by Gasteiger charge is 2.52. The SMILES string of the molecule is CC(C)(C)[Si](C)(C)OC1CO[C@H]2[C@@H]1OC[C@H]2Oc1c(F)c2nc(Cl)c(Cl)cc2n1COCC[Si](C)(C)C. The van der Waals surface area contributed by atoms with Gasteiger partial charge in [0.1, 0.15) is 29.6 Å². The number of hydrogen-bond donors (Lipinski definition) is 0. The van der Waals surface area contributed by atoms with Gasteiger partial charge in [0.2, 0.25) is 11.7 Å². The molecule has 2 aliphatic rings. The van der Waals surface area contributed by atoms with Crippen LogP contribution in [0.2, 0.25) is 54.0 Å². The number of halogens is 3. The first kappa shape index (κ1) is 29.3. The Bertz CT molecular complexity index is 1140. The normalized spacial score (nSPS) is 24.7. The molecule has 4 atom stereocenters. The van der Waals surface area contributed by atoms with Gasteiger partial charge >= 0.3 is 0 Å². The van der Waals surface area contributed by atoms with Crippen molar-refractivity contribution in [3.63, 3.8) is 0 Å². The third kappa shape index (κ3) is 6.21. The number of pyridine rings is 1. The summed E-state index contributed by atoms with van der Waals surface area (Å²) < 4.78 is 48.3. The Balaban J connectivity index is 1.55. The molecule has 4 rings (SSSR count). The fourth-order valence-corrected chi connectivity index (χ4v) is 6.61. The molecule has 0 N–H and O–H groups in total. The molecule has 2 aliphatic heterocycles. The number of aromatic nitrogens is 2. The first-order valence-electron chi connectivity index (χ1n) is 12.8. The minimum absolute atomic E-state index is 0.0143. The van der Waals surface area contributed by atoms with Crippen molar-refractivity contribution < 1.29 is 27.8 Å². The van der Waals surface area contributed by atoms with Gasteiger partial charge in [0.25, 0.3) is 0 Å². The highest BCUT2D eigenvalue weighted by atomic mass is 35.5. The highest BCUT2D eigenvalue weighted by Crippen LogP contribution is 2.41. The summed E-state index contributed by atoms with van der Waals surface area (Å²) in [5.41, 5.74) is 0.539. The van der Waals surface area contributed by atoms with Gasteiger partial charge in [-0.3, -0.25) is 4.57 Å². The first-order valence-corrected chi connectivity index (χ1v) is 20.2. The molecule has 1 unspecified atom stereocenters. The molecular formula is C25H39Cl2FN2O5Si2. The van der Waals surface area contributed by atoms with Crippen LogP contribution in [0.3, 0.4) is 0 Å². The lowest BCUT2D eigenvalue weighted by atomic mass is 10.1. The Morgan fingerprint density at radius 3 is 2.32 bits per heavy atom.